The molecule has 6 heteroatoms. The maximum Gasteiger partial charge on any atom is 0.257 e. The van der Waals surface area contributed by atoms with Crippen LogP contribution >= 0.6 is 15.9 Å². The summed E-state index contributed by atoms with van der Waals surface area (Å²) in [4.78, 5) is 16.5. The minimum absolute atomic E-state index is 0.218. The molecule has 0 radical (unpaired) electrons. The summed E-state index contributed by atoms with van der Waals surface area (Å²) in [5, 5.41) is 6.06. The molecule has 0 bridgehead atoms. The SMILES string of the molecule is COc1cccc(Nc2cncc(C(=O)Nc3ccc(Br)cc3)c2)c1. The van der Waals surface area contributed by atoms with Crippen LogP contribution in [-0.4, -0.2) is 18.0 Å². The number of nitrogens with one attached hydrogen (secondary N) is 2. The standard InChI is InChI=1S/C19H16BrN3O2/c1-25-18-4-2-3-16(10-18)22-17-9-13(11-21-12-17)19(24)23-15-7-5-14(20)6-8-15/h2-12,22H,1H3,(H,23,24). The Morgan fingerprint density at radius 3 is 2.56 bits per heavy atom. The first kappa shape index (κ1) is 17.0. The lowest BCUT2D eigenvalue weighted by atomic mass is 10.2. The number of nitrogens with zero attached hydrogens (tertiary/aromatic N) is 1. The Balaban J connectivity index is 1.74. The average molecular weight is 398 g/mol. The van der Waals surface area contributed by atoms with Crippen molar-refractivity contribution in [2.45, 2.75) is 0 Å². The molecule has 3 aromatic rings. The summed E-state index contributed by atoms with van der Waals surface area (Å²) in [7, 11) is 1.62. The van der Waals surface area contributed by atoms with Crippen molar-refractivity contribution in [2.75, 3.05) is 17.7 Å². The normalized spacial score (nSPS) is 10.2. The zero-order chi connectivity index (χ0) is 17.6. The molecular weight excluding hydrogens is 382 g/mol. The summed E-state index contributed by atoms with van der Waals surface area (Å²) in [5.74, 6) is 0.534. The summed E-state index contributed by atoms with van der Waals surface area (Å²) in [6.45, 7) is 0. The molecule has 0 atom stereocenters. The van der Waals surface area contributed by atoms with Crippen LogP contribution in [-0.2, 0) is 0 Å². The van der Waals surface area contributed by atoms with Gasteiger partial charge in [0.1, 0.15) is 5.75 Å². The van der Waals surface area contributed by atoms with Gasteiger partial charge in [0.15, 0.2) is 0 Å². The van der Waals surface area contributed by atoms with Gasteiger partial charge < -0.3 is 15.4 Å². The van der Waals surface area contributed by atoms with Gasteiger partial charge in [-0.15, -0.1) is 0 Å². The minimum Gasteiger partial charge on any atom is -0.497 e. The lowest BCUT2D eigenvalue weighted by Crippen LogP contribution is -2.12. The average Bonchev–Trinajstić information content (AvgIpc) is 2.64. The summed E-state index contributed by atoms with van der Waals surface area (Å²) in [5.41, 5.74) is 2.76. The molecule has 3 rings (SSSR count). The third-order valence-electron chi connectivity index (χ3n) is 3.46. The maximum atomic E-state index is 12.4. The van der Waals surface area contributed by atoms with Gasteiger partial charge in [-0.25, -0.2) is 0 Å². The van der Waals surface area contributed by atoms with E-state index in [4.69, 9.17) is 4.74 Å². The van der Waals surface area contributed by atoms with Gasteiger partial charge in [-0.1, -0.05) is 22.0 Å². The summed E-state index contributed by atoms with van der Waals surface area (Å²) in [6, 6.07) is 16.7. The number of aromatic nitrogens is 1. The van der Waals surface area contributed by atoms with E-state index in [2.05, 4.69) is 31.5 Å². The molecule has 2 aromatic carbocycles. The monoisotopic (exact) mass is 397 g/mol. The van der Waals surface area contributed by atoms with E-state index < -0.39 is 0 Å². The number of benzene rings is 2. The number of pyridine rings is 1. The second kappa shape index (κ2) is 7.81. The van der Waals surface area contributed by atoms with Crippen LogP contribution in [0.25, 0.3) is 0 Å². The molecule has 0 saturated heterocycles. The number of hydrogen-bond acceptors (Lipinski definition) is 4. The van der Waals surface area contributed by atoms with Crippen molar-refractivity contribution in [3.05, 3.63) is 77.0 Å². The van der Waals surface area contributed by atoms with Gasteiger partial charge in [0.2, 0.25) is 0 Å². The van der Waals surface area contributed by atoms with E-state index in [1.54, 1.807) is 19.4 Å². The number of rotatable bonds is 5. The first-order chi connectivity index (χ1) is 12.1. The zero-order valence-corrected chi connectivity index (χ0v) is 15.1. The van der Waals surface area contributed by atoms with E-state index in [0.29, 0.717) is 5.56 Å². The molecule has 0 saturated carbocycles. The highest BCUT2D eigenvalue weighted by molar-refractivity contribution is 9.10. The molecular formula is C19H16BrN3O2. The van der Waals surface area contributed by atoms with E-state index >= 15 is 0 Å². The lowest BCUT2D eigenvalue weighted by molar-refractivity contribution is 0.102. The van der Waals surface area contributed by atoms with E-state index in [-0.39, 0.29) is 5.91 Å². The minimum atomic E-state index is -0.218. The van der Waals surface area contributed by atoms with Crippen molar-refractivity contribution >= 4 is 38.9 Å². The fourth-order valence-corrected chi connectivity index (χ4v) is 2.50. The molecule has 126 valence electrons. The first-order valence-corrected chi connectivity index (χ1v) is 8.36. The summed E-state index contributed by atoms with van der Waals surface area (Å²) < 4.78 is 6.16. The largest absolute Gasteiger partial charge is 0.497 e. The van der Waals surface area contributed by atoms with E-state index in [1.165, 1.54) is 6.20 Å². The number of amides is 1. The topological polar surface area (TPSA) is 63.2 Å². The number of carbonyl (C=O) groups excluding carboxylic acids is 1. The number of anilines is 3. The second-order valence-electron chi connectivity index (χ2n) is 5.28. The Hall–Kier alpha value is -2.86. The van der Waals surface area contributed by atoms with E-state index in [9.17, 15) is 4.79 Å². The molecule has 0 aliphatic heterocycles. The van der Waals surface area contributed by atoms with Crippen molar-refractivity contribution in [2.24, 2.45) is 0 Å². The quantitative estimate of drug-likeness (QED) is 0.645. The summed E-state index contributed by atoms with van der Waals surface area (Å²) in [6.07, 6.45) is 3.20. The number of halogens is 1. The van der Waals surface area contributed by atoms with Gasteiger partial charge >= 0.3 is 0 Å². The van der Waals surface area contributed by atoms with Crippen LogP contribution in [0.1, 0.15) is 10.4 Å². The van der Waals surface area contributed by atoms with Crippen LogP contribution < -0.4 is 15.4 Å². The fraction of sp³-hybridized carbons (Fsp3) is 0.0526. The Morgan fingerprint density at radius 2 is 1.80 bits per heavy atom. The zero-order valence-electron chi connectivity index (χ0n) is 13.5. The number of hydrogen-bond donors (Lipinski definition) is 2. The van der Waals surface area contributed by atoms with Crippen LogP contribution in [0.3, 0.4) is 0 Å². The van der Waals surface area contributed by atoms with Crippen LogP contribution in [0.2, 0.25) is 0 Å². The molecule has 1 heterocycles. The molecule has 5 nitrogen and oxygen atoms in total. The Morgan fingerprint density at radius 1 is 1.00 bits per heavy atom. The number of ether oxygens (including phenoxy) is 1. The van der Waals surface area contributed by atoms with Crippen molar-refractivity contribution < 1.29 is 9.53 Å². The Bertz CT molecular complexity index is 882. The predicted octanol–water partition coefficient (Wildman–Crippen LogP) is 4.85. The number of methoxy groups -OCH3 is 1. The van der Waals surface area contributed by atoms with Crippen molar-refractivity contribution in [1.29, 1.82) is 0 Å². The maximum absolute atomic E-state index is 12.4. The Kier molecular flexibility index (Phi) is 5.30. The van der Waals surface area contributed by atoms with E-state index in [0.717, 1.165) is 27.3 Å². The third kappa shape index (κ3) is 4.58. The van der Waals surface area contributed by atoms with Crippen molar-refractivity contribution in [1.82, 2.24) is 4.98 Å². The van der Waals surface area contributed by atoms with Crippen molar-refractivity contribution in [3.8, 4) is 5.75 Å². The highest BCUT2D eigenvalue weighted by atomic mass is 79.9. The molecule has 25 heavy (non-hydrogen) atoms. The number of carbonyl (C=O) groups is 1. The van der Waals surface area contributed by atoms with Gasteiger partial charge in [-0.05, 0) is 42.5 Å². The molecule has 1 aromatic heterocycles. The van der Waals surface area contributed by atoms with Gasteiger partial charge in [0, 0.05) is 28.1 Å². The van der Waals surface area contributed by atoms with Gasteiger partial charge in [0.05, 0.1) is 24.6 Å². The fourth-order valence-electron chi connectivity index (χ4n) is 2.24. The molecule has 0 unspecified atom stereocenters. The molecule has 0 fully saturated rings. The van der Waals surface area contributed by atoms with Crippen LogP contribution in [0, 0.1) is 0 Å². The highest BCUT2D eigenvalue weighted by Crippen LogP contribution is 2.22. The molecule has 0 aliphatic rings. The first-order valence-electron chi connectivity index (χ1n) is 7.57. The van der Waals surface area contributed by atoms with Gasteiger partial charge in [-0.3, -0.25) is 9.78 Å². The second-order valence-corrected chi connectivity index (χ2v) is 6.20. The molecule has 0 aliphatic carbocycles. The lowest BCUT2D eigenvalue weighted by Gasteiger charge is -2.10. The smallest absolute Gasteiger partial charge is 0.257 e. The third-order valence-corrected chi connectivity index (χ3v) is 3.99. The predicted molar refractivity (Wildman–Crippen MR) is 103 cm³/mol. The van der Waals surface area contributed by atoms with Crippen LogP contribution in [0.15, 0.2) is 71.5 Å². The van der Waals surface area contributed by atoms with Crippen LogP contribution in [0.5, 0.6) is 5.75 Å². The summed E-state index contributed by atoms with van der Waals surface area (Å²) >= 11 is 3.37. The molecule has 1 amide bonds. The highest BCUT2D eigenvalue weighted by Gasteiger charge is 2.08. The van der Waals surface area contributed by atoms with Gasteiger partial charge in [-0.2, -0.15) is 0 Å². The van der Waals surface area contributed by atoms with E-state index in [1.807, 2.05) is 48.5 Å². The van der Waals surface area contributed by atoms with Gasteiger partial charge in [0.25, 0.3) is 5.91 Å². The molecule has 2 N–H and O–H groups in total. The van der Waals surface area contributed by atoms with Crippen molar-refractivity contribution in [3.63, 3.8) is 0 Å². The van der Waals surface area contributed by atoms with Crippen LogP contribution in [0.4, 0.5) is 17.1 Å². The Labute approximate surface area is 154 Å². The molecule has 0 spiro atoms.